The Morgan fingerprint density at radius 2 is 2.10 bits per heavy atom. The molecule has 0 spiro atoms. The van der Waals surface area contributed by atoms with Crippen molar-refractivity contribution < 1.29 is 14.7 Å². The lowest BCUT2D eigenvalue weighted by molar-refractivity contribution is 0.0685. The number of carboxylic acids is 1. The van der Waals surface area contributed by atoms with Crippen molar-refractivity contribution in [2.45, 2.75) is 0 Å². The zero-order valence-electron chi connectivity index (χ0n) is 11.7. The van der Waals surface area contributed by atoms with Crippen molar-refractivity contribution in [2.24, 2.45) is 0 Å². The predicted octanol–water partition coefficient (Wildman–Crippen LogP) is 1.92. The predicted molar refractivity (Wildman–Crippen MR) is 83.8 cm³/mol. The van der Waals surface area contributed by atoms with Gasteiger partial charge in [-0.05, 0) is 26.2 Å². The fraction of sp³-hybridized carbons (Fsp3) is 0.286. The van der Waals surface area contributed by atoms with Crippen LogP contribution >= 0.6 is 15.9 Å². The number of H-pyrrole nitrogens is 1. The Morgan fingerprint density at radius 1 is 1.38 bits per heavy atom. The summed E-state index contributed by atoms with van der Waals surface area (Å²) in [5.41, 5.74) is 0.689. The minimum Gasteiger partial charge on any atom is -0.477 e. The minimum absolute atomic E-state index is 0.0922. The van der Waals surface area contributed by atoms with Gasteiger partial charge in [0.2, 0.25) is 0 Å². The zero-order chi connectivity index (χ0) is 15.6. The van der Waals surface area contributed by atoms with Gasteiger partial charge < -0.3 is 20.3 Å². The fourth-order valence-electron chi connectivity index (χ4n) is 2.05. The molecule has 1 amide bonds. The lowest BCUT2D eigenvalue weighted by atomic mass is 10.1. The number of carboxylic acid groups (broad SMARTS) is 1. The second-order valence-corrected chi connectivity index (χ2v) is 5.84. The summed E-state index contributed by atoms with van der Waals surface area (Å²) in [5.74, 6) is -1.54. The average Bonchev–Trinajstić information content (AvgIpc) is 2.76. The molecule has 21 heavy (non-hydrogen) atoms. The molecule has 3 N–H and O–H groups in total. The Hall–Kier alpha value is -1.86. The largest absolute Gasteiger partial charge is 0.477 e. The highest BCUT2D eigenvalue weighted by Gasteiger charge is 2.22. The van der Waals surface area contributed by atoms with Crippen molar-refractivity contribution in [3.05, 3.63) is 33.9 Å². The van der Waals surface area contributed by atoms with Gasteiger partial charge in [0.15, 0.2) is 0 Å². The summed E-state index contributed by atoms with van der Waals surface area (Å²) in [5, 5.41) is 12.6. The Bertz CT molecular complexity index is 694. The first kappa shape index (κ1) is 15.5. The van der Waals surface area contributed by atoms with Crippen LogP contribution in [0.15, 0.2) is 22.7 Å². The van der Waals surface area contributed by atoms with Gasteiger partial charge in [0, 0.05) is 28.5 Å². The molecule has 0 atom stereocenters. The van der Waals surface area contributed by atoms with Gasteiger partial charge >= 0.3 is 5.97 Å². The number of nitrogens with one attached hydrogen (secondary N) is 2. The van der Waals surface area contributed by atoms with E-state index in [1.54, 1.807) is 18.2 Å². The number of aromatic amines is 1. The number of carbonyl (C=O) groups is 2. The van der Waals surface area contributed by atoms with Gasteiger partial charge in [0.25, 0.3) is 5.91 Å². The quantitative estimate of drug-likeness (QED) is 0.766. The number of hydrogen-bond donors (Lipinski definition) is 3. The van der Waals surface area contributed by atoms with Crippen molar-refractivity contribution >= 4 is 38.7 Å². The van der Waals surface area contributed by atoms with Crippen molar-refractivity contribution in [3.63, 3.8) is 0 Å². The summed E-state index contributed by atoms with van der Waals surface area (Å²) in [6.45, 7) is 1.14. The van der Waals surface area contributed by atoms with E-state index >= 15 is 0 Å². The van der Waals surface area contributed by atoms with Crippen LogP contribution in [0, 0.1) is 0 Å². The first-order valence-electron chi connectivity index (χ1n) is 6.37. The first-order valence-corrected chi connectivity index (χ1v) is 7.17. The van der Waals surface area contributed by atoms with Crippen LogP contribution in [-0.4, -0.2) is 54.1 Å². The molecule has 0 fully saturated rings. The first-order chi connectivity index (χ1) is 9.90. The summed E-state index contributed by atoms with van der Waals surface area (Å²) in [4.78, 5) is 28.3. The second-order valence-electron chi connectivity index (χ2n) is 4.93. The van der Waals surface area contributed by atoms with E-state index in [-0.39, 0.29) is 17.2 Å². The Balaban J connectivity index is 2.38. The third-order valence-electron chi connectivity index (χ3n) is 3.05. The molecule has 1 aromatic carbocycles. The Morgan fingerprint density at radius 3 is 2.71 bits per heavy atom. The molecular formula is C14H16BrN3O3. The molecule has 2 aromatic rings. The van der Waals surface area contributed by atoms with Gasteiger partial charge in [0.1, 0.15) is 5.69 Å². The molecule has 1 aromatic heterocycles. The zero-order valence-corrected chi connectivity index (χ0v) is 13.3. The maximum absolute atomic E-state index is 12.3. The molecule has 0 aliphatic heterocycles. The van der Waals surface area contributed by atoms with E-state index in [0.29, 0.717) is 24.0 Å². The number of benzene rings is 1. The second kappa shape index (κ2) is 6.28. The molecule has 0 bridgehead atoms. The summed E-state index contributed by atoms with van der Waals surface area (Å²) < 4.78 is 0.813. The molecule has 0 saturated carbocycles. The van der Waals surface area contributed by atoms with E-state index < -0.39 is 5.97 Å². The number of likely N-dealkylation sites (N-methyl/N-ethyl adjacent to an activating group) is 1. The van der Waals surface area contributed by atoms with E-state index in [2.05, 4.69) is 26.2 Å². The maximum atomic E-state index is 12.3. The molecule has 112 valence electrons. The monoisotopic (exact) mass is 353 g/mol. The molecule has 0 radical (unpaired) electrons. The number of aromatic nitrogens is 1. The molecule has 0 aliphatic carbocycles. The number of aromatic carboxylic acids is 1. The lowest BCUT2D eigenvalue weighted by Crippen LogP contribution is -2.32. The van der Waals surface area contributed by atoms with Gasteiger partial charge in [-0.2, -0.15) is 0 Å². The minimum atomic E-state index is -1.15. The summed E-state index contributed by atoms with van der Waals surface area (Å²) in [6, 6.07) is 5.25. The number of carbonyl (C=O) groups excluding carboxylic acids is 1. The molecule has 0 aliphatic rings. The van der Waals surface area contributed by atoms with Gasteiger partial charge in [-0.1, -0.05) is 22.0 Å². The van der Waals surface area contributed by atoms with Crippen LogP contribution in [0.5, 0.6) is 0 Å². The molecule has 1 heterocycles. The lowest BCUT2D eigenvalue weighted by Gasteiger charge is -2.10. The van der Waals surface area contributed by atoms with Gasteiger partial charge in [-0.25, -0.2) is 4.79 Å². The van der Waals surface area contributed by atoms with Crippen molar-refractivity contribution in [3.8, 4) is 0 Å². The molecule has 0 saturated heterocycles. The van der Waals surface area contributed by atoms with Gasteiger partial charge in [-0.15, -0.1) is 0 Å². The van der Waals surface area contributed by atoms with Crippen molar-refractivity contribution in [1.82, 2.24) is 15.2 Å². The van der Waals surface area contributed by atoms with Crippen LogP contribution in [0.2, 0.25) is 0 Å². The summed E-state index contributed by atoms with van der Waals surface area (Å²) in [7, 11) is 3.80. The van der Waals surface area contributed by atoms with E-state index in [1.165, 1.54) is 0 Å². The van der Waals surface area contributed by atoms with Crippen LogP contribution in [0.25, 0.3) is 10.9 Å². The molecule has 0 unspecified atom stereocenters. The van der Waals surface area contributed by atoms with E-state index in [4.69, 9.17) is 0 Å². The highest BCUT2D eigenvalue weighted by Crippen LogP contribution is 2.25. The molecule has 6 nitrogen and oxygen atoms in total. The van der Waals surface area contributed by atoms with Gasteiger partial charge in [0.05, 0.1) is 5.56 Å². The highest BCUT2D eigenvalue weighted by molar-refractivity contribution is 9.10. The topological polar surface area (TPSA) is 85.4 Å². The van der Waals surface area contributed by atoms with Crippen molar-refractivity contribution in [2.75, 3.05) is 27.2 Å². The number of hydrogen-bond acceptors (Lipinski definition) is 3. The number of nitrogens with zero attached hydrogens (tertiary/aromatic N) is 1. The standard InChI is InChI=1S/C14H16BrN3O3/c1-18(2)6-5-16-13(19)11-9-4-3-8(15)7-10(9)17-12(11)14(20)21/h3-4,7,17H,5-6H2,1-2H3,(H,16,19)(H,20,21). The summed E-state index contributed by atoms with van der Waals surface area (Å²) in [6.07, 6.45) is 0. The van der Waals surface area contributed by atoms with Crippen LogP contribution in [0.4, 0.5) is 0 Å². The Labute approximate surface area is 130 Å². The number of rotatable bonds is 5. The van der Waals surface area contributed by atoms with E-state index in [1.807, 2.05) is 19.0 Å². The number of amides is 1. The van der Waals surface area contributed by atoms with Gasteiger partial charge in [-0.3, -0.25) is 4.79 Å². The fourth-order valence-corrected chi connectivity index (χ4v) is 2.41. The smallest absolute Gasteiger partial charge is 0.353 e. The number of fused-ring (bicyclic) bond motifs is 1. The van der Waals surface area contributed by atoms with Crippen LogP contribution in [0.1, 0.15) is 20.8 Å². The molecule has 2 rings (SSSR count). The molecule has 7 heteroatoms. The number of halogens is 1. The maximum Gasteiger partial charge on any atom is 0.353 e. The Kier molecular flexibility index (Phi) is 4.64. The van der Waals surface area contributed by atoms with Crippen LogP contribution in [0.3, 0.4) is 0 Å². The van der Waals surface area contributed by atoms with E-state index in [0.717, 1.165) is 4.47 Å². The van der Waals surface area contributed by atoms with E-state index in [9.17, 15) is 14.7 Å². The van der Waals surface area contributed by atoms with Crippen molar-refractivity contribution in [1.29, 1.82) is 0 Å². The average molecular weight is 354 g/mol. The molecular weight excluding hydrogens is 338 g/mol. The third kappa shape index (κ3) is 3.43. The SMILES string of the molecule is CN(C)CCNC(=O)c1c(C(=O)O)[nH]c2cc(Br)ccc12. The van der Waals surface area contributed by atoms with Crippen LogP contribution in [-0.2, 0) is 0 Å². The normalized spacial score (nSPS) is 11.0. The van der Waals surface area contributed by atoms with Crippen LogP contribution < -0.4 is 5.32 Å². The summed E-state index contributed by atoms with van der Waals surface area (Å²) >= 11 is 3.32. The highest BCUT2D eigenvalue weighted by atomic mass is 79.9. The third-order valence-corrected chi connectivity index (χ3v) is 3.54.